The monoisotopic (exact) mass is 548 g/mol. The Morgan fingerprint density at radius 3 is 2.50 bits per heavy atom. The van der Waals surface area contributed by atoms with Crippen molar-refractivity contribution in [2.45, 2.75) is 90.9 Å². The van der Waals surface area contributed by atoms with Gasteiger partial charge in [-0.15, -0.1) is 0 Å². The summed E-state index contributed by atoms with van der Waals surface area (Å²) in [5.74, 6) is 1.75. The summed E-state index contributed by atoms with van der Waals surface area (Å²) in [6.07, 6.45) is 5.08. The first-order valence-electron chi connectivity index (χ1n) is 14.1. The minimum atomic E-state index is -0.539. The topological polar surface area (TPSA) is 99.9 Å². The average molecular weight is 549 g/mol. The number of carbonyl (C=O) groups is 2. The number of hydrogen-bond donors (Lipinski definition) is 1. The van der Waals surface area contributed by atoms with Gasteiger partial charge in [0.25, 0.3) is 0 Å². The number of alkyl carbamates (subject to hydrolysis) is 1. The number of aromatic nitrogens is 1. The number of rotatable bonds is 11. The highest BCUT2D eigenvalue weighted by atomic mass is 16.6. The largest absolute Gasteiger partial charge is 0.493 e. The highest BCUT2D eigenvalue weighted by molar-refractivity contribution is 5.70. The van der Waals surface area contributed by atoms with Gasteiger partial charge in [0.15, 0.2) is 0 Å². The van der Waals surface area contributed by atoms with Crippen LogP contribution in [0.3, 0.4) is 0 Å². The summed E-state index contributed by atoms with van der Waals surface area (Å²) in [6.45, 7) is 7.94. The Bertz CT molecular complexity index is 1270. The lowest BCUT2D eigenvalue weighted by Gasteiger charge is -2.20. The van der Waals surface area contributed by atoms with Gasteiger partial charge in [0.05, 0.1) is 12.3 Å². The van der Waals surface area contributed by atoms with E-state index in [0.29, 0.717) is 31.1 Å². The van der Waals surface area contributed by atoms with E-state index in [-0.39, 0.29) is 25.0 Å². The first-order chi connectivity index (χ1) is 19.2. The highest BCUT2D eigenvalue weighted by Crippen LogP contribution is 2.24. The Balaban J connectivity index is 1.38. The van der Waals surface area contributed by atoms with Crippen molar-refractivity contribution < 1.29 is 28.2 Å². The molecule has 1 fully saturated rings. The van der Waals surface area contributed by atoms with E-state index in [9.17, 15) is 9.59 Å². The molecule has 1 N–H and O–H groups in total. The van der Waals surface area contributed by atoms with E-state index >= 15 is 0 Å². The maximum atomic E-state index is 12.4. The number of oxazole rings is 1. The van der Waals surface area contributed by atoms with Crippen LogP contribution >= 0.6 is 0 Å². The van der Waals surface area contributed by atoms with Crippen LogP contribution in [-0.2, 0) is 33.7 Å². The van der Waals surface area contributed by atoms with Crippen LogP contribution in [0, 0.1) is 6.92 Å². The van der Waals surface area contributed by atoms with Crippen LogP contribution in [0.1, 0.15) is 75.5 Å². The number of amides is 1. The molecular formula is C32H40N2O6. The summed E-state index contributed by atoms with van der Waals surface area (Å²) < 4.78 is 22.9. The van der Waals surface area contributed by atoms with Crippen LogP contribution in [0.15, 0.2) is 52.9 Å². The van der Waals surface area contributed by atoms with Crippen LogP contribution in [0.2, 0.25) is 0 Å². The van der Waals surface area contributed by atoms with Gasteiger partial charge in [-0.05, 0) is 82.3 Å². The van der Waals surface area contributed by atoms with E-state index in [2.05, 4.69) is 10.3 Å². The summed E-state index contributed by atoms with van der Waals surface area (Å²) in [4.78, 5) is 29.4. The molecule has 0 radical (unpaired) electrons. The maximum Gasteiger partial charge on any atom is 0.407 e. The van der Waals surface area contributed by atoms with Gasteiger partial charge in [-0.3, -0.25) is 4.79 Å². The number of aryl methyl sites for hydroxylation is 2. The molecule has 2 aromatic carbocycles. The first kappa shape index (κ1) is 29.2. The Morgan fingerprint density at radius 1 is 1.02 bits per heavy atom. The Labute approximate surface area is 236 Å². The zero-order valence-electron chi connectivity index (χ0n) is 24.0. The molecule has 8 nitrogen and oxygen atoms in total. The zero-order valence-corrected chi connectivity index (χ0v) is 24.0. The molecule has 3 aromatic rings. The van der Waals surface area contributed by atoms with Crippen LogP contribution in [0.4, 0.5) is 4.79 Å². The second-order valence-corrected chi connectivity index (χ2v) is 11.2. The van der Waals surface area contributed by atoms with E-state index in [1.54, 1.807) is 0 Å². The van der Waals surface area contributed by atoms with Gasteiger partial charge in [-0.1, -0.05) is 37.1 Å². The molecule has 1 heterocycles. The van der Waals surface area contributed by atoms with Crippen molar-refractivity contribution in [1.82, 2.24) is 10.3 Å². The van der Waals surface area contributed by atoms with Gasteiger partial charge in [0, 0.05) is 24.4 Å². The molecule has 0 unspecified atom stereocenters. The summed E-state index contributed by atoms with van der Waals surface area (Å²) in [5.41, 5.74) is 2.95. The van der Waals surface area contributed by atoms with Gasteiger partial charge in [0.1, 0.15) is 23.7 Å². The lowest BCUT2D eigenvalue weighted by atomic mass is 10.0. The molecule has 0 atom stereocenters. The number of carbonyl (C=O) groups excluding carboxylic acids is 2. The minimum Gasteiger partial charge on any atom is -0.493 e. The molecule has 1 amide bonds. The predicted molar refractivity (Wildman–Crippen MR) is 152 cm³/mol. The average Bonchev–Trinajstić information content (AvgIpc) is 3.56. The van der Waals surface area contributed by atoms with Crippen molar-refractivity contribution in [3.05, 3.63) is 71.1 Å². The molecule has 0 aliphatic heterocycles. The minimum absolute atomic E-state index is 0.0856. The summed E-state index contributed by atoms with van der Waals surface area (Å²) in [6, 6.07) is 15.6. The molecular weight excluding hydrogens is 508 g/mol. The van der Waals surface area contributed by atoms with E-state index < -0.39 is 11.7 Å². The van der Waals surface area contributed by atoms with E-state index in [1.165, 1.54) is 0 Å². The molecule has 1 aliphatic rings. The fraction of sp³-hybridized carbons (Fsp3) is 0.469. The molecule has 1 saturated carbocycles. The lowest BCUT2D eigenvalue weighted by molar-refractivity contribution is -0.154. The molecule has 0 spiro atoms. The van der Waals surface area contributed by atoms with Crippen LogP contribution < -0.4 is 10.1 Å². The van der Waals surface area contributed by atoms with Gasteiger partial charge < -0.3 is 23.9 Å². The van der Waals surface area contributed by atoms with Gasteiger partial charge in [-0.2, -0.15) is 0 Å². The zero-order chi connectivity index (χ0) is 28.5. The second-order valence-electron chi connectivity index (χ2n) is 11.2. The number of nitrogens with one attached hydrogen (secondary N) is 1. The molecule has 40 heavy (non-hydrogen) atoms. The third-order valence-corrected chi connectivity index (χ3v) is 6.75. The summed E-state index contributed by atoms with van der Waals surface area (Å²) >= 11 is 0. The third-order valence-electron chi connectivity index (χ3n) is 6.75. The van der Waals surface area contributed by atoms with Crippen LogP contribution in [-0.4, -0.2) is 35.3 Å². The fourth-order valence-corrected chi connectivity index (χ4v) is 4.75. The number of nitrogens with zero attached hydrogens (tertiary/aromatic N) is 1. The quantitative estimate of drug-likeness (QED) is 0.266. The van der Waals surface area contributed by atoms with Crippen molar-refractivity contribution in [2.24, 2.45) is 0 Å². The SMILES string of the molecule is Cc1oc(-c2ccccc2)nc1CCOc1ccc(CCC(=O)OC(C)(C)C)c(COC(=O)NC2CCCC2)c1. The van der Waals surface area contributed by atoms with Crippen molar-refractivity contribution in [3.63, 3.8) is 0 Å². The fourth-order valence-electron chi connectivity index (χ4n) is 4.75. The Hall–Kier alpha value is -3.81. The van der Waals surface area contributed by atoms with Crippen molar-refractivity contribution in [2.75, 3.05) is 6.61 Å². The van der Waals surface area contributed by atoms with E-state index in [1.807, 2.05) is 76.2 Å². The van der Waals surface area contributed by atoms with E-state index in [4.69, 9.17) is 18.6 Å². The molecule has 1 aliphatic carbocycles. The smallest absolute Gasteiger partial charge is 0.407 e. The predicted octanol–water partition coefficient (Wildman–Crippen LogP) is 6.71. The number of ether oxygens (including phenoxy) is 3. The van der Waals surface area contributed by atoms with Crippen LogP contribution in [0.5, 0.6) is 5.75 Å². The Morgan fingerprint density at radius 2 is 1.77 bits per heavy atom. The number of hydrogen-bond acceptors (Lipinski definition) is 7. The van der Waals surface area contributed by atoms with Crippen LogP contribution in [0.25, 0.3) is 11.5 Å². The van der Waals surface area contributed by atoms with E-state index in [0.717, 1.165) is 53.8 Å². The van der Waals surface area contributed by atoms with Gasteiger partial charge in [-0.25, -0.2) is 9.78 Å². The molecule has 4 rings (SSSR count). The van der Waals surface area contributed by atoms with Crippen molar-refractivity contribution >= 4 is 12.1 Å². The molecule has 0 saturated heterocycles. The number of benzene rings is 2. The third kappa shape index (κ3) is 8.86. The molecule has 0 bridgehead atoms. The lowest BCUT2D eigenvalue weighted by Crippen LogP contribution is -2.33. The summed E-state index contributed by atoms with van der Waals surface area (Å²) in [7, 11) is 0. The van der Waals surface area contributed by atoms with Gasteiger partial charge >= 0.3 is 12.1 Å². The molecule has 1 aromatic heterocycles. The summed E-state index contributed by atoms with van der Waals surface area (Å²) in [5, 5.41) is 2.95. The highest BCUT2D eigenvalue weighted by Gasteiger charge is 2.20. The van der Waals surface area contributed by atoms with Gasteiger partial charge in [0.2, 0.25) is 5.89 Å². The van der Waals surface area contributed by atoms with Crippen molar-refractivity contribution in [3.8, 4) is 17.2 Å². The van der Waals surface area contributed by atoms with Crippen molar-refractivity contribution in [1.29, 1.82) is 0 Å². The normalized spacial score (nSPS) is 13.7. The second kappa shape index (κ2) is 13.5. The standard InChI is InChI=1S/C32H40N2O6/c1-22-28(34-30(39-22)24-10-6-5-7-11-24)18-19-37-27-16-14-23(15-17-29(35)40-32(2,3)4)25(20-27)21-38-31(36)33-26-12-8-9-13-26/h5-7,10-11,14,16,20,26H,8-9,12-13,15,17-19,21H2,1-4H3,(H,33,36). The Kier molecular flexibility index (Phi) is 9.85. The molecule has 8 heteroatoms. The number of esters is 1. The first-order valence-corrected chi connectivity index (χ1v) is 14.1. The molecule has 214 valence electrons. The maximum absolute atomic E-state index is 12.4.